The number of amides is 2. The van der Waals surface area contributed by atoms with Gasteiger partial charge in [-0.05, 0) is 31.6 Å². The van der Waals surface area contributed by atoms with E-state index in [0.29, 0.717) is 12.5 Å². The van der Waals surface area contributed by atoms with E-state index < -0.39 is 0 Å². The van der Waals surface area contributed by atoms with Gasteiger partial charge in [0.1, 0.15) is 6.61 Å². The van der Waals surface area contributed by atoms with Gasteiger partial charge in [0, 0.05) is 25.6 Å². The van der Waals surface area contributed by atoms with Crippen molar-refractivity contribution in [2.45, 2.75) is 64.9 Å². The Kier molecular flexibility index (Phi) is 7.34. The van der Waals surface area contributed by atoms with E-state index in [9.17, 15) is 9.59 Å². The summed E-state index contributed by atoms with van der Waals surface area (Å²) >= 11 is 0. The van der Waals surface area contributed by atoms with E-state index in [0.717, 1.165) is 38.8 Å². The Balaban J connectivity index is 1.69. The van der Waals surface area contributed by atoms with Gasteiger partial charge in [-0.15, -0.1) is 0 Å². The Morgan fingerprint density at radius 3 is 2.57 bits per heavy atom. The number of carbonyl (C=O) groups excluding carboxylic acids is 2. The van der Waals surface area contributed by atoms with E-state index in [-0.39, 0.29) is 30.4 Å². The van der Waals surface area contributed by atoms with Crippen LogP contribution in [0.15, 0.2) is 0 Å². The normalized spacial score (nSPS) is 23.1. The molecule has 1 N–H and O–H groups in total. The predicted octanol–water partition coefficient (Wildman–Crippen LogP) is 2.35. The lowest BCUT2D eigenvalue weighted by Gasteiger charge is -2.33. The summed E-state index contributed by atoms with van der Waals surface area (Å²) in [5.74, 6) is 0.579. The molecule has 0 unspecified atom stereocenters. The second-order valence-corrected chi connectivity index (χ2v) is 7.32. The van der Waals surface area contributed by atoms with Crippen molar-refractivity contribution in [2.75, 3.05) is 26.2 Å². The Labute approximate surface area is 140 Å². The molecule has 132 valence electrons. The van der Waals surface area contributed by atoms with Gasteiger partial charge < -0.3 is 15.0 Å². The molecule has 2 fully saturated rings. The molecule has 1 heterocycles. The Morgan fingerprint density at radius 2 is 1.87 bits per heavy atom. The first kappa shape index (κ1) is 18.2. The lowest BCUT2D eigenvalue weighted by Crippen LogP contribution is -2.45. The van der Waals surface area contributed by atoms with Crippen LogP contribution in [0.25, 0.3) is 0 Å². The summed E-state index contributed by atoms with van der Waals surface area (Å²) < 4.78 is 5.80. The van der Waals surface area contributed by atoms with Crippen LogP contribution in [-0.2, 0) is 14.3 Å². The molecule has 2 rings (SSSR count). The highest BCUT2D eigenvalue weighted by Gasteiger charge is 2.25. The second kappa shape index (κ2) is 9.26. The Bertz CT molecular complexity index is 392. The van der Waals surface area contributed by atoms with E-state index in [2.05, 4.69) is 5.32 Å². The molecular weight excluding hydrogens is 292 g/mol. The van der Waals surface area contributed by atoms with E-state index in [1.807, 2.05) is 18.7 Å². The molecule has 2 aliphatic rings. The van der Waals surface area contributed by atoms with Gasteiger partial charge >= 0.3 is 0 Å². The van der Waals surface area contributed by atoms with Gasteiger partial charge in [-0.3, -0.25) is 9.59 Å². The zero-order valence-electron chi connectivity index (χ0n) is 14.7. The largest absolute Gasteiger partial charge is 0.368 e. The molecule has 0 spiro atoms. The summed E-state index contributed by atoms with van der Waals surface area (Å²) in [6.07, 6.45) is 8.29. The van der Waals surface area contributed by atoms with E-state index in [1.165, 1.54) is 19.3 Å². The number of piperidine rings is 1. The molecule has 5 nitrogen and oxygen atoms in total. The average molecular weight is 324 g/mol. The summed E-state index contributed by atoms with van der Waals surface area (Å²) in [5, 5.41) is 2.99. The highest BCUT2D eigenvalue weighted by Crippen LogP contribution is 2.21. The van der Waals surface area contributed by atoms with Gasteiger partial charge in [-0.2, -0.15) is 0 Å². The zero-order valence-corrected chi connectivity index (χ0v) is 14.7. The fourth-order valence-corrected chi connectivity index (χ4v) is 3.42. The summed E-state index contributed by atoms with van der Waals surface area (Å²) in [5.41, 5.74) is 0. The number of rotatable bonds is 6. The molecule has 0 bridgehead atoms. The predicted molar refractivity (Wildman–Crippen MR) is 90.0 cm³/mol. The number of nitrogens with one attached hydrogen (secondary N) is 1. The monoisotopic (exact) mass is 324 g/mol. The minimum absolute atomic E-state index is 0.0141. The van der Waals surface area contributed by atoms with Gasteiger partial charge in [0.25, 0.3) is 0 Å². The summed E-state index contributed by atoms with van der Waals surface area (Å²) in [6.45, 7) is 6.25. The van der Waals surface area contributed by atoms with Crippen molar-refractivity contribution in [3.8, 4) is 0 Å². The lowest BCUT2D eigenvalue weighted by atomic mass is 9.97. The topological polar surface area (TPSA) is 58.6 Å². The van der Waals surface area contributed by atoms with Crippen molar-refractivity contribution < 1.29 is 14.3 Å². The van der Waals surface area contributed by atoms with Crippen LogP contribution in [0.4, 0.5) is 0 Å². The molecule has 1 saturated carbocycles. The number of hydrogen-bond acceptors (Lipinski definition) is 3. The van der Waals surface area contributed by atoms with Crippen molar-refractivity contribution in [3.05, 3.63) is 0 Å². The quantitative estimate of drug-likeness (QED) is 0.816. The Hall–Kier alpha value is -1.10. The van der Waals surface area contributed by atoms with Crippen LogP contribution in [-0.4, -0.2) is 49.1 Å². The van der Waals surface area contributed by atoms with Gasteiger partial charge in [0.15, 0.2) is 0 Å². The molecule has 0 aromatic carbocycles. The van der Waals surface area contributed by atoms with Crippen LogP contribution in [0.5, 0.6) is 0 Å². The number of likely N-dealkylation sites (tertiary alicyclic amines) is 1. The van der Waals surface area contributed by atoms with Crippen molar-refractivity contribution in [2.24, 2.45) is 11.8 Å². The van der Waals surface area contributed by atoms with Crippen LogP contribution in [0.2, 0.25) is 0 Å². The maximum atomic E-state index is 12.3. The minimum atomic E-state index is 0.0141. The Morgan fingerprint density at radius 1 is 1.13 bits per heavy atom. The van der Waals surface area contributed by atoms with Crippen molar-refractivity contribution in [1.82, 2.24) is 10.2 Å². The average Bonchev–Trinajstić information content (AvgIpc) is 2.58. The summed E-state index contributed by atoms with van der Waals surface area (Å²) in [6, 6.07) is 0. The third kappa shape index (κ3) is 6.13. The molecular formula is C18H32N2O3. The second-order valence-electron chi connectivity index (χ2n) is 7.32. The van der Waals surface area contributed by atoms with Crippen molar-refractivity contribution >= 4 is 11.8 Å². The zero-order chi connectivity index (χ0) is 16.7. The van der Waals surface area contributed by atoms with E-state index in [1.54, 1.807) is 0 Å². The smallest absolute Gasteiger partial charge is 0.248 e. The van der Waals surface area contributed by atoms with Gasteiger partial charge in [0.05, 0.1) is 6.10 Å². The van der Waals surface area contributed by atoms with Crippen LogP contribution in [0.1, 0.15) is 58.8 Å². The number of nitrogens with zero attached hydrogens (tertiary/aromatic N) is 1. The lowest BCUT2D eigenvalue weighted by molar-refractivity contribution is -0.140. The van der Waals surface area contributed by atoms with Crippen LogP contribution >= 0.6 is 0 Å². The molecule has 1 aliphatic carbocycles. The van der Waals surface area contributed by atoms with Crippen LogP contribution < -0.4 is 5.32 Å². The number of hydrogen-bond donors (Lipinski definition) is 1. The summed E-state index contributed by atoms with van der Waals surface area (Å²) in [4.78, 5) is 25.9. The van der Waals surface area contributed by atoms with Gasteiger partial charge in [-0.25, -0.2) is 0 Å². The molecule has 23 heavy (non-hydrogen) atoms. The molecule has 5 heteroatoms. The first-order chi connectivity index (χ1) is 11.1. The molecule has 0 aromatic rings. The van der Waals surface area contributed by atoms with Gasteiger partial charge in [0.2, 0.25) is 11.8 Å². The fourth-order valence-electron chi connectivity index (χ4n) is 3.42. The standard InChI is InChI=1S/C18H32N2O3/c1-14(2)18(22)19-11-15-7-6-10-20(12-15)17(21)13-23-16-8-4-3-5-9-16/h14-16H,3-13H2,1-2H3,(H,19,22)/t15-/m1/s1. The van der Waals surface area contributed by atoms with Crippen molar-refractivity contribution in [1.29, 1.82) is 0 Å². The molecule has 0 radical (unpaired) electrons. The first-order valence-corrected chi connectivity index (χ1v) is 9.23. The molecule has 0 aromatic heterocycles. The molecule has 1 saturated heterocycles. The SMILES string of the molecule is CC(C)C(=O)NC[C@H]1CCCN(C(=O)COC2CCCCC2)C1. The third-order valence-electron chi connectivity index (χ3n) is 4.96. The highest BCUT2D eigenvalue weighted by molar-refractivity contribution is 5.78. The number of ether oxygens (including phenoxy) is 1. The number of carbonyl (C=O) groups is 2. The van der Waals surface area contributed by atoms with Crippen molar-refractivity contribution in [3.63, 3.8) is 0 Å². The van der Waals surface area contributed by atoms with E-state index >= 15 is 0 Å². The van der Waals surface area contributed by atoms with E-state index in [4.69, 9.17) is 4.74 Å². The maximum absolute atomic E-state index is 12.3. The maximum Gasteiger partial charge on any atom is 0.248 e. The molecule has 2 amide bonds. The molecule has 1 aliphatic heterocycles. The minimum Gasteiger partial charge on any atom is -0.368 e. The third-order valence-corrected chi connectivity index (χ3v) is 4.96. The highest BCUT2D eigenvalue weighted by atomic mass is 16.5. The van der Waals surface area contributed by atoms with Crippen LogP contribution in [0, 0.1) is 11.8 Å². The van der Waals surface area contributed by atoms with Gasteiger partial charge in [-0.1, -0.05) is 33.1 Å². The van der Waals surface area contributed by atoms with Crippen LogP contribution in [0.3, 0.4) is 0 Å². The molecule has 1 atom stereocenters. The summed E-state index contributed by atoms with van der Waals surface area (Å²) in [7, 11) is 0. The fraction of sp³-hybridized carbons (Fsp3) is 0.889. The first-order valence-electron chi connectivity index (χ1n) is 9.23.